The summed E-state index contributed by atoms with van der Waals surface area (Å²) in [5.74, 6) is 1.24. The fraction of sp³-hybridized carbons (Fsp3) is 0.571. The summed E-state index contributed by atoms with van der Waals surface area (Å²) in [5.41, 5.74) is 10.1. The molecule has 1 aromatic rings. The van der Waals surface area contributed by atoms with Gasteiger partial charge in [-0.05, 0) is 50.4 Å². The van der Waals surface area contributed by atoms with Gasteiger partial charge in [0.2, 0.25) is 0 Å². The first-order chi connectivity index (χ1) is 7.72. The van der Waals surface area contributed by atoms with Crippen molar-refractivity contribution < 1.29 is 0 Å². The molecule has 0 radical (unpaired) electrons. The van der Waals surface area contributed by atoms with Crippen molar-refractivity contribution in [2.45, 2.75) is 26.2 Å². The molecule has 2 heteroatoms. The highest BCUT2D eigenvalue weighted by atomic mass is 14.9. The summed E-state index contributed by atoms with van der Waals surface area (Å²) < 4.78 is 0. The lowest BCUT2D eigenvalue weighted by atomic mass is 9.79. The van der Waals surface area contributed by atoms with Crippen molar-refractivity contribution in [1.82, 2.24) is 5.32 Å². The van der Waals surface area contributed by atoms with Crippen LogP contribution in [0.15, 0.2) is 18.2 Å². The molecule has 2 nitrogen and oxygen atoms in total. The Hall–Kier alpha value is -0.860. The van der Waals surface area contributed by atoms with E-state index in [-0.39, 0.29) is 0 Å². The van der Waals surface area contributed by atoms with Crippen LogP contribution in [-0.4, -0.2) is 19.6 Å². The van der Waals surface area contributed by atoms with Crippen molar-refractivity contribution in [3.8, 4) is 0 Å². The number of benzene rings is 1. The van der Waals surface area contributed by atoms with Crippen LogP contribution in [0.25, 0.3) is 0 Å². The standard InChI is InChI=1S/C14H22N2/c1-10-3-4-11(2)13(7-10)14-9-16-6-5-12(14)8-15/h3-4,7,12,14,16H,5-6,8-9,15H2,1-2H3. The first-order valence-electron chi connectivity index (χ1n) is 6.20. The van der Waals surface area contributed by atoms with Crippen molar-refractivity contribution in [3.05, 3.63) is 34.9 Å². The van der Waals surface area contributed by atoms with Crippen LogP contribution in [0.4, 0.5) is 0 Å². The van der Waals surface area contributed by atoms with Crippen molar-refractivity contribution >= 4 is 0 Å². The fourth-order valence-corrected chi connectivity index (χ4v) is 2.72. The molecule has 88 valence electrons. The molecule has 2 atom stereocenters. The largest absolute Gasteiger partial charge is 0.330 e. The van der Waals surface area contributed by atoms with Gasteiger partial charge in [0.15, 0.2) is 0 Å². The number of nitrogens with one attached hydrogen (secondary N) is 1. The average Bonchev–Trinajstić information content (AvgIpc) is 2.32. The molecule has 1 aliphatic heterocycles. The van der Waals surface area contributed by atoms with E-state index in [0.29, 0.717) is 11.8 Å². The topological polar surface area (TPSA) is 38.0 Å². The SMILES string of the molecule is Cc1ccc(C)c(C2CNCCC2CN)c1. The van der Waals surface area contributed by atoms with E-state index in [4.69, 9.17) is 5.73 Å². The molecular weight excluding hydrogens is 196 g/mol. The van der Waals surface area contributed by atoms with Crippen LogP contribution in [0.5, 0.6) is 0 Å². The Kier molecular flexibility index (Phi) is 3.62. The van der Waals surface area contributed by atoms with Crippen molar-refractivity contribution in [1.29, 1.82) is 0 Å². The van der Waals surface area contributed by atoms with Crippen molar-refractivity contribution in [2.75, 3.05) is 19.6 Å². The molecular formula is C14H22N2. The summed E-state index contributed by atoms with van der Waals surface area (Å²) in [6.45, 7) is 7.36. The average molecular weight is 218 g/mol. The molecule has 1 aliphatic rings. The molecule has 2 unspecified atom stereocenters. The second-order valence-electron chi connectivity index (χ2n) is 4.96. The quantitative estimate of drug-likeness (QED) is 0.796. The number of nitrogens with two attached hydrogens (primary N) is 1. The molecule has 0 spiro atoms. The minimum atomic E-state index is 0.596. The van der Waals surface area contributed by atoms with Crippen LogP contribution in [0.1, 0.15) is 29.0 Å². The number of hydrogen-bond acceptors (Lipinski definition) is 2. The normalized spacial score (nSPS) is 25.7. The smallest absolute Gasteiger partial charge is 0.00234 e. The molecule has 3 N–H and O–H groups in total. The van der Waals surface area contributed by atoms with E-state index < -0.39 is 0 Å². The number of rotatable bonds is 2. The highest BCUT2D eigenvalue weighted by Crippen LogP contribution is 2.31. The predicted octanol–water partition coefficient (Wildman–Crippen LogP) is 1.96. The van der Waals surface area contributed by atoms with Gasteiger partial charge in [0, 0.05) is 12.5 Å². The Morgan fingerprint density at radius 1 is 1.38 bits per heavy atom. The Balaban J connectivity index is 2.30. The maximum atomic E-state index is 5.89. The third kappa shape index (κ3) is 2.28. The van der Waals surface area contributed by atoms with E-state index >= 15 is 0 Å². The molecule has 0 amide bonds. The predicted molar refractivity (Wildman–Crippen MR) is 68.7 cm³/mol. The number of aryl methyl sites for hydroxylation is 2. The Labute approximate surface area is 98.2 Å². The van der Waals surface area contributed by atoms with Gasteiger partial charge in [-0.3, -0.25) is 0 Å². The van der Waals surface area contributed by atoms with E-state index in [1.54, 1.807) is 0 Å². The lowest BCUT2D eigenvalue weighted by molar-refractivity contribution is 0.330. The molecule has 1 fully saturated rings. The number of piperidine rings is 1. The van der Waals surface area contributed by atoms with Gasteiger partial charge >= 0.3 is 0 Å². The number of hydrogen-bond donors (Lipinski definition) is 2. The molecule has 1 heterocycles. The van der Waals surface area contributed by atoms with Crippen molar-refractivity contribution in [2.24, 2.45) is 11.7 Å². The second kappa shape index (κ2) is 4.98. The van der Waals surface area contributed by atoms with E-state index in [0.717, 1.165) is 19.6 Å². The van der Waals surface area contributed by atoms with Gasteiger partial charge in [-0.25, -0.2) is 0 Å². The molecule has 2 rings (SSSR count). The van der Waals surface area contributed by atoms with Crippen LogP contribution in [0.3, 0.4) is 0 Å². The van der Waals surface area contributed by atoms with Gasteiger partial charge in [-0.1, -0.05) is 23.8 Å². The minimum absolute atomic E-state index is 0.596. The Morgan fingerprint density at radius 2 is 2.19 bits per heavy atom. The zero-order valence-electron chi connectivity index (χ0n) is 10.3. The summed E-state index contributed by atoms with van der Waals surface area (Å²) in [4.78, 5) is 0. The molecule has 16 heavy (non-hydrogen) atoms. The molecule has 0 bridgehead atoms. The van der Waals surface area contributed by atoms with Crippen LogP contribution >= 0.6 is 0 Å². The van der Waals surface area contributed by atoms with Crippen LogP contribution in [-0.2, 0) is 0 Å². The van der Waals surface area contributed by atoms with Gasteiger partial charge in [-0.15, -0.1) is 0 Å². The van der Waals surface area contributed by atoms with Gasteiger partial charge in [0.25, 0.3) is 0 Å². The van der Waals surface area contributed by atoms with Gasteiger partial charge < -0.3 is 11.1 Å². The molecule has 0 aliphatic carbocycles. The van der Waals surface area contributed by atoms with Crippen LogP contribution in [0, 0.1) is 19.8 Å². The fourth-order valence-electron chi connectivity index (χ4n) is 2.72. The highest BCUT2D eigenvalue weighted by molar-refractivity contribution is 5.34. The second-order valence-corrected chi connectivity index (χ2v) is 4.96. The zero-order valence-corrected chi connectivity index (χ0v) is 10.3. The van der Waals surface area contributed by atoms with E-state index in [9.17, 15) is 0 Å². The minimum Gasteiger partial charge on any atom is -0.330 e. The highest BCUT2D eigenvalue weighted by Gasteiger charge is 2.26. The van der Waals surface area contributed by atoms with E-state index in [2.05, 4.69) is 37.4 Å². The van der Waals surface area contributed by atoms with E-state index in [1.165, 1.54) is 23.1 Å². The van der Waals surface area contributed by atoms with Crippen LogP contribution < -0.4 is 11.1 Å². The van der Waals surface area contributed by atoms with E-state index in [1.807, 2.05) is 0 Å². The first-order valence-corrected chi connectivity index (χ1v) is 6.20. The maximum Gasteiger partial charge on any atom is 0.00234 e. The summed E-state index contributed by atoms with van der Waals surface area (Å²) in [6, 6.07) is 6.75. The first kappa shape index (κ1) is 11.6. The van der Waals surface area contributed by atoms with Gasteiger partial charge in [0.1, 0.15) is 0 Å². The third-order valence-corrected chi connectivity index (χ3v) is 3.76. The Morgan fingerprint density at radius 3 is 2.94 bits per heavy atom. The zero-order chi connectivity index (χ0) is 11.5. The lowest BCUT2D eigenvalue weighted by Crippen LogP contribution is -2.38. The molecule has 1 aromatic carbocycles. The molecule has 0 saturated carbocycles. The monoisotopic (exact) mass is 218 g/mol. The summed E-state index contributed by atoms with van der Waals surface area (Å²) in [7, 11) is 0. The Bertz CT molecular complexity index is 360. The van der Waals surface area contributed by atoms with Gasteiger partial charge in [-0.2, -0.15) is 0 Å². The third-order valence-electron chi connectivity index (χ3n) is 3.76. The maximum absolute atomic E-state index is 5.89. The molecule has 0 aromatic heterocycles. The van der Waals surface area contributed by atoms with Gasteiger partial charge in [0.05, 0.1) is 0 Å². The van der Waals surface area contributed by atoms with Crippen LogP contribution in [0.2, 0.25) is 0 Å². The van der Waals surface area contributed by atoms with Crippen molar-refractivity contribution in [3.63, 3.8) is 0 Å². The summed E-state index contributed by atoms with van der Waals surface area (Å²) in [5, 5.41) is 3.49. The summed E-state index contributed by atoms with van der Waals surface area (Å²) in [6.07, 6.45) is 1.20. The molecule has 1 saturated heterocycles. The lowest BCUT2D eigenvalue weighted by Gasteiger charge is -2.32. The summed E-state index contributed by atoms with van der Waals surface area (Å²) >= 11 is 0.